The van der Waals surface area contributed by atoms with Crippen LogP contribution in [0.4, 0.5) is 13.2 Å². The van der Waals surface area contributed by atoms with E-state index in [0.29, 0.717) is 24.6 Å². The van der Waals surface area contributed by atoms with Crippen molar-refractivity contribution in [3.05, 3.63) is 16.1 Å². The molecule has 1 N–H and O–H groups in total. The quantitative estimate of drug-likeness (QED) is 0.921. The minimum Gasteiger partial charge on any atom is -0.381 e. The third kappa shape index (κ3) is 3.02. The monoisotopic (exact) mass is 280 g/mol. The summed E-state index contributed by atoms with van der Waals surface area (Å²) in [6.07, 6.45) is -2.15. The molecule has 0 aromatic carbocycles. The maximum absolute atomic E-state index is 12.5. The number of halogens is 3. The van der Waals surface area contributed by atoms with Crippen LogP contribution in [0.25, 0.3) is 0 Å². The summed E-state index contributed by atoms with van der Waals surface area (Å²) in [4.78, 5) is 4.11. The number of aromatic nitrogens is 1. The molecule has 0 amide bonds. The summed E-state index contributed by atoms with van der Waals surface area (Å²) < 4.78 is 42.9. The van der Waals surface area contributed by atoms with E-state index in [4.69, 9.17) is 4.74 Å². The molecule has 2 unspecified atom stereocenters. The molecule has 0 bridgehead atoms. The molecule has 102 valence electrons. The molecule has 1 aromatic rings. The van der Waals surface area contributed by atoms with Crippen molar-refractivity contribution in [1.29, 1.82) is 0 Å². The van der Waals surface area contributed by atoms with Crippen molar-refractivity contribution < 1.29 is 17.9 Å². The Morgan fingerprint density at radius 3 is 2.89 bits per heavy atom. The Hall–Kier alpha value is -0.660. The van der Waals surface area contributed by atoms with Gasteiger partial charge in [0, 0.05) is 29.6 Å². The fourth-order valence-electron chi connectivity index (χ4n) is 2.10. The maximum atomic E-state index is 12.5. The standard InChI is InChI=1S/C11H15F3N2OS/c1-2-15-9(7-3-4-17-6-7)8-5-16-10(18-8)11(12,13)14/h5,7,9,15H,2-4,6H2,1H3. The van der Waals surface area contributed by atoms with Crippen LogP contribution in [0.2, 0.25) is 0 Å². The van der Waals surface area contributed by atoms with Crippen molar-refractivity contribution in [3.63, 3.8) is 0 Å². The van der Waals surface area contributed by atoms with Crippen LogP contribution in [0.15, 0.2) is 6.20 Å². The van der Waals surface area contributed by atoms with Crippen LogP contribution in [-0.4, -0.2) is 24.7 Å². The lowest BCUT2D eigenvalue weighted by Gasteiger charge is -2.21. The first-order chi connectivity index (χ1) is 8.52. The highest BCUT2D eigenvalue weighted by Crippen LogP contribution is 2.37. The lowest BCUT2D eigenvalue weighted by molar-refractivity contribution is -0.137. The van der Waals surface area contributed by atoms with Gasteiger partial charge in [0.15, 0.2) is 5.01 Å². The van der Waals surface area contributed by atoms with Gasteiger partial charge in [0.1, 0.15) is 0 Å². The smallest absolute Gasteiger partial charge is 0.381 e. The van der Waals surface area contributed by atoms with Crippen LogP contribution in [-0.2, 0) is 10.9 Å². The molecule has 1 aliphatic rings. The number of nitrogens with one attached hydrogen (secondary N) is 1. The molecular weight excluding hydrogens is 265 g/mol. The van der Waals surface area contributed by atoms with Crippen molar-refractivity contribution in [2.45, 2.75) is 25.6 Å². The average Bonchev–Trinajstić information content (AvgIpc) is 2.96. The molecule has 0 aliphatic carbocycles. The number of rotatable bonds is 4. The first kappa shape index (κ1) is 13.8. The SMILES string of the molecule is CCNC(c1cnc(C(F)(F)F)s1)C1CCOC1. The summed E-state index contributed by atoms with van der Waals surface area (Å²) >= 11 is 0.721. The van der Waals surface area contributed by atoms with Crippen molar-refractivity contribution in [1.82, 2.24) is 10.3 Å². The van der Waals surface area contributed by atoms with E-state index in [1.54, 1.807) is 0 Å². The normalized spacial score (nSPS) is 22.3. The molecule has 1 fully saturated rings. The molecule has 7 heteroatoms. The Labute approximate surface area is 107 Å². The van der Waals surface area contributed by atoms with E-state index >= 15 is 0 Å². The first-order valence-corrected chi connectivity index (χ1v) is 6.68. The van der Waals surface area contributed by atoms with Gasteiger partial charge >= 0.3 is 6.18 Å². The number of ether oxygens (including phenoxy) is 1. The van der Waals surface area contributed by atoms with Crippen LogP contribution >= 0.6 is 11.3 Å². The zero-order valence-electron chi connectivity index (χ0n) is 9.96. The number of thiazole rings is 1. The zero-order chi connectivity index (χ0) is 13.2. The molecule has 3 nitrogen and oxygen atoms in total. The third-order valence-electron chi connectivity index (χ3n) is 2.93. The van der Waals surface area contributed by atoms with Gasteiger partial charge in [-0.15, -0.1) is 11.3 Å². The van der Waals surface area contributed by atoms with E-state index < -0.39 is 11.2 Å². The van der Waals surface area contributed by atoms with E-state index in [-0.39, 0.29) is 12.0 Å². The molecule has 0 saturated carbocycles. The van der Waals surface area contributed by atoms with Gasteiger partial charge in [0.05, 0.1) is 6.61 Å². The van der Waals surface area contributed by atoms with Gasteiger partial charge in [-0.3, -0.25) is 0 Å². The van der Waals surface area contributed by atoms with Gasteiger partial charge in [-0.2, -0.15) is 13.2 Å². The van der Waals surface area contributed by atoms with Crippen molar-refractivity contribution in [3.8, 4) is 0 Å². The van der Waals surface area contributed by atoms with Crippen LogP contribution in [0.1, 0.15) is 29.3 Å². The molecule has 0 radical (unpaired) electrons. The van der Waals surface area contributed by atoms with Crippen molar-refractivity contribution in [2.24, 2.45) is 5.92 Å². The second-order valence-electron chi connectivity index (χ2n) is 4.22. The molecule has 1 aliphatic heterocycles. The van der Waals surface area contributed by atoms with Crippen molar-refractivity contribution >= 4 is 11.3 Å². The van der Waals surface area contributed by atoms with E-state index in [1.165, 1.54) is 6.20 Å². The molecule has 2 rings (SSSR count). The van der Waals surface area contributed by atoms with Crippen LogP contribution in [0.5, 0.6) is 0 Å². The number of hydrogen-bond acceptors (Lipinski definition) is 4. The summed E-state index contributed by atoms with van der Waals surface area (Å²) in [7, 11) is 0. The predicted octanol–water partition coefficient (Wildman–Crippen LogP) is 2.85. The third-order valence-corrected chi connectivity index (χ3v) is 4.06. The van der Waals surface area contributed by atoms with Crippen LogP contribution in [0, 0.1) is 5.92 Å². The first-order valence-electron chi connectivity index (χ1n) is 5.86. The number of alkyl halides is 3. The Balaban J connectivity index is 2.17. The highest BCUT2D eigenvalue weighted by atomic mass is 32.1. The molecule has 2 heterocycles. The molecule has 0 spiro atoms. The number of nitrogens with zero attached hydrogens (tertiary/aromatic N) is 1. The molecule has 2 atom stereocenters. The second-order valence-corrected chi connectivity index (χ2v) is 5.29. The van der Waals surface area contributed by atoms with E-state index in [0.717, 1.165) is 17.8 Å². The summed E-state index contributed by atoms with van der Waals surface area (Å²) in [6.45, 7) is 3.92. The van der Waals surface area contributed by atoms with Gasteiger partial charge in [-0.1, -0.05) is 6.92 Å². The summed E-state index contributed by atoms with van der Waals surface area (Å²) in [5.74, 6) is 0.228. The number of hydrogen-bond donors (Lipinski definition) is 1. The fraction of sp³-hybridized carbons (Fsp3) is 0.727. The van der Waals surface area contributed by atoms with Crippen LogP contribution < -0.4 is 5.32 Å². The fourth-order valence-corrected chi connectivity index (χ4v) is 3.05. The lowest BCUT2D eigenvalue weighted by atomic mass is 9.98. The molecule has 18 heavy (non-hydrogen) atoms. The lowest BCUT2D eigenvalue weighted by Crippen LogP contribution is -2.27. The summed E-state index contributed by atoms with van der Waals surface area (Å²) in [5.41, 5.74) is 0. The Bertz CT molecular complexity index is 388. The topological polar surface area (TPSA) is 34.2 Å². The minimum absolute atomic E-state index is 0.0916. The highest BCUT2D eigenvalue weighted by Gasteiger charge is 2.36. The van der Waals surface area contributed by atoms with Gasteiger partial charge in [0.2, 0.25) is 0 Å². The Morgan fingerprint density at radius 2 is 2.39 bits per heavy atom. The average molecular weight is 280 g/mol. The maximum Gasteiger partial charge on any atom is 0.443 e. The zero-order valence-corrected chi connectivity index (χ0v) is 10.8. The molecule has 1 aromatic heterocycles. The predicted molar refractivity (Wildman–Crippen MR) is 62.5 cm³/mol. The Kier molecular flexibility index (Phi) is 4.24. The summed E-state index contributed by atoms with van der Waals surface area (Å²) in [6, 6.07) is -0.0916. The molecular formula is C11H15F3N2OS. The van der Waals surface area contributed by atoms with Crippen LogP contribution in [0.3, 0.4) is 0 Å². The largest absolute Gasteiger partial charge is 0.443 e. The molecule has 1 saturated heterocycles. The highest BCUT2D eigenvalue weighted by molar-refractivity contribution is 7.11. The summed E-state index contributed by atoms with van der Waals surface area (Å²) in [5, 5.41) is 2.45. The van der Waals surface area contributed by atoms with Gasteiger partial charge < -0.3 is 10.1 Å². The van der Waals surface area contributed by atoms with E-state index in [2.05, 4.69) is 10.3 Å². The second kappa shape index (κ2) is 5.54. The van der Waals surface area contributed by atoms with Gasteiger partial charge in [-0.05, 0) is 13.0 Å². The van der Waals surface area contributed by atoms with Crippen molar-refractivity contribution in [2.75, 3.05) is 19.8 Å². The van der Waals surface area contributed by atoms with Gasteiger partial charge in [-0.25, -0.2) is 4.98 Å². The van der Waals surface area contributed by atoms with E-state index in [1.807, 2.05) is 6.92 Å². The Morgan fingerprint density at radius 1 is 1.61 bits per heavy atom. The van der Waals surface area contributed by atoms with Gasteiger partial charge in [0.25, 0.3) is 0 Å². The van der Waals surface area contributed by atoms with E-state index in [9.17, 15) is 13.2 Å². The minimum atomic E-state index is -4.36.